The molecule has 6 heteroatoms. The number of unbranched alkanes of at least 4 members (excludes halogenated alkanes) is 1. The lowest BCUT2D eigenvalue weighted by molar-refractivity contribution is 0.0711. The van der Waals surface area contributed by atoms with Crippen molar-refractivity contribution in [2.75, 3.05) is 32.8 Å². The van der Waals surface area contributed by atoms with Gasteiger partial charge in [-0.1, -0.05) is 36.4 Å². The van der Waals surface area contributed by atoms with Crippen molar-refractivity contribution in [1.29, 1.82) is 0 Å². The maximum Gasteiger partial charge on any atom is 0.191 e. The Labute approximate surface area is 172 Å². The molecule has 2 rings (SSSR count). The SMILES string of the molecule is CCNC(=NCC(C)(O)c1cccs1)NCCCCOCCc1ccccc1. The van der Waals surface area contributed by atoms with E-state index in [0.717, 1.165) is 56.4 Å². The van der Waals surface area contributed by atoms with Crippen molar-refractivity contribution in [3.8, 4) is 0 Å². The van der Waals surface area contributed by atoms with Gasteiger partial charge in [0.15, 0.2) is 5.96 Å². The molecule has 1 aromatic heterocycles. The lowest BCUT2D eigenvalue weighted by Gasteiger charge is -2.20. The van der Waals surface area contributed by atoms with Crippen LogP contribution in [0.25, 0.3) is 0 Å². The standard InChI is InChI=1S/C22H33N3O2S/c1-3-23-21(25-18-22(2,26)20-12-9-17-28-20)24-14-7-8-15-27-16-13-19-10-5-4-6-11-19/h4-6,9-12,17,26H,3,7-8,13-16,18H2,1-2H3,(H2,23,24,25). The van der Waals surface area contributed by atoms with Gasteiger partial charge in [-0.3, -0.25) is 0 Å². The van der Waals surface area contributed by atoms with Crippen molar-refractivity contribution < 1.29 is 9.84 Å². The lowest BCUT2D eigenvalue weighted by Crippen LogP contribution is -2.39. The normalized spacial score (nSPS) is 13.9. The van der Waals surface area contributed by atoms with E-state index in [1.54, 1.807) is 18.3 Å². The fourth-order valence-corrected chi connectivity index (χ4v) is 3.49. The van der Waals surface area contributed by atoms with Crippen LogP contribution in [0.15, 0.2) is 52.8 Å². The van der Waals surface area contributed by atoms with Gasteiger partial charge in [-0.15, -0.1) is 11.3 Å². The molecule has 0 aliphatic rings. The van der Waals surface area contributed by atoms with Gasteiger partial charge in [-0.2, -0.15) is 0 Å². The molecule has 0 fully saturated rings. The Morgan fingerprint density at radius 3 is 2.64 bits per heavy atom. The molecule has 0 radical (unpaired) electrons. The van der Waals surface area contributed by atoms with E-state index in [-0.39, 0.29) is 0 Å². The zero-order valence-corrected chi connectivity index (χ0v) is 17.8. The second-order valence-corrected chi connectivity index (χ2v) is 7.88. The molecule has 0 aliphatic heterocycles. The van der Waals surface area contributed by atoms with Crippen LogP contribution in [0.4, 0.5) is 0 Å². The summed E-state index contributed by atoms with van der Waals surface area (Å²) in [5.74, 6) is 0.740. The Balaban J connectivity index is 1.60. The van der Waals surface area contributed by atoms with Crippen LogP contribution >= 0.6 is 11.3 Å². The molecule has 154 valence electrons. The third kappa shape index (κ3) is 8.42. The molecule has 28 heavy (non-hydrogen) atoms. The first kappa shape index (κ1) is 22.4. The first-order valence-electron chi connectivity index (χ1n) is 10.0. The fourth-order valence-electron chi connectivity index (χ4n) is 2.71. The molecule has 2 aromatic rings. The first-order chi connectivity index (χ1) is 13.6. The molecule has 0 amide bonds. The Hall–Kier alpha value is -1.89. The highest BCUT2D eigenvalue weighted by molar-refractivity contribution is 7.10. The summed E-state index contributed by atoms with van der Waals surface area (Å²) in [5.41, 5.74) is 0.373. The Bertz CT molecular complexity index is 672. The first-order valence-corrected chi connectivity index (χ1v) is 10.9. The van der Waals surface area contributed by atoms with Gasteiger partial charge in [0.25, 0.3) is 0 Å². The minimum atomic E-state index is -0.941. The molecule has 0 saturated heterocycles. The number of hydrogen-bond acceptors (Lipinski definition) is 4. The van der Waals surface area contributed by atoms with E-state index >= 15 is 0 Å². The van der Waals surface area contributed by atoms with E-state index < -0.39 is 5.60 Å². The van der Waals surface area contributed by atoms with Gasteiger partial charge in [0, 0.05) is 24.6 Å². The second-order valence-electron chi connectivity index (χ2n) is 6.93. The third-order valence-corrected chi connectivity index (χ3v) is 5.45. The van der Waals surface area contributed by atoms with Crippen molar-refractivity contribution in [3.05, 3.63) is 58.3 Å². The Morgan fingerprint density at radius 2 is 1.93 bits per heavy atom. The number of rotatable bonds is 12. The highest BCUT2D eigenvalue weighted by Crippen LogP contribution is 2.25. The van der Waals surface area contributed by atoms with E-state index in [4.69, 9.17) is 4.74 Å². The Kier molecular flexibility index (Phi) is 10.0. The summed E-state index contributed by atoms with van der Waals surface area (Å²) < 4.78 is 5.72. The molecule has 1 aromatic carbocycles. The Morgan fingerprint density at radius 1 is 1.11 bits per heavy atom. The minimum Gasteiger partial charge on any atom is -0.383 e. The molecular formula is C22H33N3O2S. The summed E-state index contributed by atoms with van der Waals surface area (Å²) in [6, 6.07) is 14.3. The predicted molar refractivity (Wildman–Crippen MR) is 118 cm³/mol. The van der Waals surface area contributed by atoms with Crippen LogP contribution in [0.2, 0.25) is 0 Å². The van der Waals surface area contributed by atoms with Crippen molar-refractivity contribution >= 4 is 17.3 Å². The zero-order chi connectivity index (χ0) is 20.1. The average molecular weight is 404 g/mol. The van der Waals surface area contributed by atoms with Crippen LogP contribution < -0.4 is 10.6 Å². The van der Waals surface area contributed by atoms with Gasteiger partial charge in [0.2, 0.25) is 0 Å². The molecule has 1 unspecified atom stereocenters. The van der Waals surface area contributed by atoms with Crippen LogP contribution in [0.1, 0.15) is 37.1 Å². The quantitative estimate of drug-likeness (QED) is 0.288. The summed E-state index contributed by atoms with van der Waals surface area (Å²) in [4.78, 5) is 5.47. The largest absolute Gasteiger partial charge is 0.383 e. The number of hydrogen-bond donors (Lipinski definition) is 3. The fraction of sp³-hybridized carbons (Fsp3) is 0.500. The monoisotopic (exact) mass is 403 g/mol. The van der Waals surface area contributed by atoms with Crippen LogP contribution in [0.5, 0.6) is 0 Å². The van der Waals surface area contributed by atoms with Gasteiger partial charge in [-0.25, -0.2) is 4.99 Å². The summed E-state index contributed by atoms with van der Waals surface area (Å²) in [7, 11) is 0. The highest BCUT2D eigenvalue weighted by atomic mass is 32.1. The smallest absolute Gasteiger partial charge is 0.191 e. The second kappa shape index (κ2) is 12.5. The van der Waals surface area contributed by atoms with Crippen molar-refractivity contribution in [2.45, 2.75) is 38.7 Å². The van der Waals surface area contributed by atoms with E-state index in [1.807, 2.05) is 30.5 Å². The number of aliphatic imine (C=N–C) groups is 1. The number of ether oxygens (including phenoxy) is 1. The van der Waals surface area contributed by atoms with Crippen molar-refractivity contribution in [1.82, 2.24) is 10.6 Å². The topological polar surface area (TPSA) is 65.9 Å². The highest BCUT2D eigenvalue weighted by Gasteiger charge is 2.23. The van der Waals surface area contributed by atoms with E-state index in [0.29, 0.717) is 6.54 Å². The molecule has 0 spiro atoms. The van der Waals surface area contributed by atoms with Crippen LogP contribution in [-0.2, 0) is 16.8 Å². The number of thiophene rings is 1. The number of benzene rings is 1. The van der Waals surface area contributed by atoms with Gasteiger partial charge < -0.3 is 20.5 Å². The molecule has 0 saturated carbocycles. The maximum atomic E-state index is 10.6. The molecular weight excluding hydrogens is 370 g/mol. The molecule has 1 atom stereocenters. The molecule has 3 N–H and O–H groups in total. The lowest BCUT2D eigenvalue weighted by atomic mass is 10.1. The number of aliphatic hydroxyl groups is 1. The van der Waals surface area contributed by atoms with Gasteiger partial charge in [-0.05, 0) is 50.1 Å². The number of nitrogens with one attached hydrogen (secondary N) is 2. The molecule has 0 aliphatic carbocycles. The van der Waals surface area contributed by atoms with Crippen LogP contribution in [0, 0.1) is 0 Å². The number of guanidine groups is 1. The van der Waals surface area contributed by atoms with E-state index in [1.165, 1.54) is 5.56 Å². The molecule has 1 heterocycles. The van der Waals surface area contributed by atoms with Gasteiger partial charge in [0.05, 0.1) is 13.2 Å². The summed E-state index contributed by atoms with van der Waals surface area (Å²) in [5, 5.41) is 19.1. The third-order valence-electron chi connectivity index (χ3n) is 4.33. The minimum absolute atomic E-state index is 0.325. The summed E-state index contributed by atoms with van der Waals surface area (Å²) in [6.07, 6.45) is 2.98. The predicted octanol–water partition coefficient (Wildman–Crippen LogP) is 3.55. The summed E-state index contributed by atoms with van der Waals surface area (Å²) in [6.45, 7) is 7.32. The van der Waals surface area contributed by atoms with Gasteiger partial charge >= 0.3 is 0 Å². The van der Waals surface area contributed by atoms with Gasteiger partial charge in [0.1, 0.15) is 5.60 Å². The van der Waals surface area contributed by atoms with Crippen molar-refractivity contribution in [2.24, 2.45) is 4.99 Å². The van der Waals surface area contributed by atoms with Crippen LogP contribution in [-0.4, -0.2) is 43.9 Å². The summed E-state index contributed by atoms with van der Waals surface area (Å²) >= 11 is 1.55. The van der Waals surface area contributed by atoms with Crippen molar-refractivity contribution in [3.63, 3.8) is 0 Å². The average Bonchev–Trinajstić information content (AvgIpc) is 3.25. The van der Waals surface area contributed by atoms with E-state index in [9.17, 15) is 5.11 Å². The molecule has 5 nitrogen and oxygen atoms in total. The molecule has 0 bridgehead atoms. The zero-order valence-electron chi connectivity index (χ0n) is 17.0. The maximum absolute atomic E-state index is 10.6. The van der Waals surface area contributed by atoms with Crippen LogP contribution in [0.3, 0.4) is 0 Å². The van der Waals surface area contributed by atoms with E-state index in [2.05, 4.69) is 39.9 Å². The number of nitrogens with zero attached hydrogens (tertiary/aromatic N) is 1.